The van der Waals surface area contributed by atoms with Crippen molar-refractivity contribution in [3.63, 3.8) is 0 Å². The van der Waals surface area contributed by atoms with Crippen LogP contribution in [0.15, 0.2) is 41.3 Å². The number of rotatable bonds is 6. The topological polar surface area (TPSA) is 141 Å². The van der Waals surface area contributed by atoms with Crippen molar-refractivity contribution in [3.8, 4) is 0 Å². The third-order valence-electron chi connectivity index (χ3n) is 3.60. The molecule has 0 aromatic heterocycles. The summed E-state index contributed by atoms with van der Waals surface area (Å²) >= 11 is 0. The van der Waals surface area contributed by atoms with Crippen molar-refractivity contribution in [1.82, 2.24) is 4.90 Å². The van der Waals surface area contributed by atoms with Crippen LogP contribution < -0.4 is 0 Å². The summed E-state index contributed by atoms with van der Waals surface area (Å²) in [5.74, 6) is -2.51. The number of carboxylic acid groups (broad SMARTS) is 2. The van der Waals surface area contributed by atoms with E-state index >= 15 is 0 Å². The predicted molar refractivity (Wildman–Crippen MR) is 96.2 cm³/mol. The molecule has 1 aromatic carbocycles. The van der Waals surface area contributed by atoms with Gasteiger partial charge in [0.15, 0.2) is 9.84 Å². The van der Waals surface area contributed by atoms with Crippen molar-refractivity contribution < 1.29 is 38.1 Å². The number of carbonyl (C=O) groups is 2. The van der Waals surface area contributed by atoms with Crippen LogP contribution in [0.3, 0.4) is 0 Å². The third kappa shape index (κ3) is 9.29. The van der Waals surface area contributed by atoms with Crippen LogP contribution in [-0.2, 0) is 24.2 Å². The number of nitrogens with zero attached hydrogens (tertiary/aromatic N) is 1. The molecule has 2 rings (SSSR count). The molecule has 9 nitrogen and oxygen atoms in total. The normalized spacial score (nSPS) is 16.4. The molecule has 1 saturated heterocycles. The molecule has 0 bridgehead atoms. The maximum atomic E-state index is 11.3. The lowest BCUT2D eigenvalue weighted by Gasteiger charge is -2.28. The molecule has 0 spiro atoms. The van der Waals surface area contributed by atoms with E-state index in [1.54, 1.807) is 12.1 Å². The Hall–Kier alpha value is -2.27. The van der Waals surface area contributed by atoms with E-state index in [9.17, 15) is 23.1 Å². The molecule has 1 aliphatic rings. The number of β-amino-alcohol motifs (C(OH)–C–C–N with tert-alkyl or cyclic N) is 1. The SMILES string of the molecule is CS(=O)(=O)c1ccc(C(O)CN2CCOCC2)cc1.O=C(O)/C=C\C(=O)O. The van der Waals surface area contributed by atoms with Crippen LogP contribution in [0.2, 0.25) is 0 Å². The second-order valence-corrected chi connectivity index (χ2v) is 7.80. The molecular formula is C17H23NO8S. The van der Waals surface area contributed by atoms with Gasteiger partial charge in [0.25, 0.3) is 0 Å². The number of morpholine rings is 1. The minimum absolute atomic E-state index is 0.273. The summed E-state index contributed by atoms with van der Waals surface area (Å²) in [4.78, 5) is 21.5. The smallest absolute Gasteiger partial charge is 0.328 e. The van der Waals surface area contributed by atoms with Crippen LogP contribution in [0.4, 0.5) is 0 Å². The first kappa shape index (κ1) is 22.8. The first-order valence-corrected chi connectivity index (χ1v) is 9.91. The van der Waals surface area contributed by atoms with Crippen molar-refractivity contribution >= 4 is 21.8 Å². The largest absolute Gasteiger partial charge is 0.478 e. The standard InChI is InChI=1S/C13H19NO4S.C4H4O4/c1-19(16,17)12-4-2-11(3-5-12)13(15)10-14-6-8-18-9-7-14;5-3(6)1-2-4(7)8/h2-5,13,15H,6-10H2,1H3;1-2H,(H,5,6)(H,7,8)/b;2-1-. The Morgan fingerprint density at radius 2 is 1.59 bits per heavy atom. The molecule has 1 aromatic rings. The summed E-state index contributed by atoms with van der Waals surface area (Å²) in [7, 11) is -3.18. The van der Waals surface area contributed by atoms with E-state index < -0.39 is 27.9 Å². The average Bonchev–Trinajstić information content (AvgIpc) is 2.61. The number of carboxylic acids is 2. The fourth-order valence-electron chi connectivity index (χ4n) is 2.21. The van der Waals surface area contributed by atoms with Gasteiger partial charge >= 0.3 is 11.9 Å². The van der Waals surface area contributed by atoms with Crippen molar-refractivity contribution in [2.24, 2.45) is 0 Å². The quantitative estimate of drug-likeness (QED) is 0.569. The molecule has 3 N–H and O–H groups in total. The van der Waals surface area contributed by atoms with Gasteiger partial charge in [0, 0.05) is 38.0 Å². The lowest BCUT2D eigenvalue weighted by molar-refractivity contribution is -0.134. The molecule has 0 radical (unpaired) electrons. The molecule has 1 atom stereocenters. The van der Waals surface area contributed by atoms with Crippen LogP contribution in [0.25, 0.3) is 0 Å². The number of benzene rings is 1. The van der Waals surface area contributed by atoms with Crippen LogP contribution >= 0.6 is 0 Å². The highest BCUT2D eigenvalue weighted by atomic mass is 32.2. The van der Waals surface area contributed by atoms with Crippen molar-refractivity contribution in [3.05, 3.63) is 42.0 Å². The van der Waals surface area contributed by atoms with Gasteiger partial charge in [-0.1, -0.05) is 12.1 Å². The monoisotopic (exact) mass is 401 g/mol. The lowest BCUT2D eigenvalue weighted by Crippen LogP contribution is -2.38. The first-order valence-electron chi connectivity index (χ1n) is 8.01. The van der Waals surface area contributed by atoms with Crippen molar-refractivity contribution in [2.45, 2.75) is 11.0 Å². The molecule has 1 heterocycles. The third-order valence-corrected chi connectivity index (χ3v) is 4.72. The molecule has 10 heteroatoms. The second-order valence-electron chi connectivity index (χ2n) is 5.78. The molecule has 0 saturated carbocycles. The second kappa shape index (κ2) is 10.8. The van der Waals surface area contributed by atoms with Gasteiger partial charge in [-0.05, 0) is 17.7 Å². The Labute approximate surface area is 157 Å². The summed E-state index contributed by atoms with van der Waals surface area (Å²) in [5.41, 5.74) is 0.735. The highest BCUT2D eigenvalue weighted by Gasteiger charge is 2.16. The molecule has 0 aliphatic carbocycles. The van der Waals surface area contributed by atoms with Gasteiger partial charge in [-0.3, -0.25) is 4.90 Å². The van der Waals surface area contributed by atoms with Crippen LogP contribution in [0.5, 0.6) is 0 Å². The molecule has 1 unspecified atom stereocenters. The summed E-state index contributed by atoms with van der Waals surface area (Å²) in [6.45, 7) is 3.57. The number of hydrogen-bond donors (Lipinski definition) is 3. The number of aliphatic carboxylic acids is 2. The summed E-state index contributed by atoms with van der Waals surface area (Å²) in [5, 5.41) is 25.8. The first-order chi connectivity index (χ1) is 12.6. The van der Waals surface area contributed by atoms with Gasteiger partial charge in [-0.15, -0.1) is 0 Å². The predicted octanol–water partition coefficient (Wildman–Crippen LogP) is 0.168. The number of aliphatic hydroxyl groups excluding tert-OH is 1. The van der Waals surface area contributed by atoms with Gasteiger partial charge in [0.05, 0.1) is 24.2 Å². The highest BCUT2D eigenvalue weighted by Crippen LogP contribution is 2.18. The maximum Gasteiger partial charge on any atom is 0.328 e. The van der Waals surface area contributed by atoms with Crippen molar-refractivity contribution in [2.75, 3.05) is 39.1 Å². The van der Waals surface area contributed by atoms with E-state index in [1.165, 1.54) is 18.4 Å². The van der Waals surface area contributed by atoms with Crippen LogP contribution in [0.1, 0.15) is 11.7 Å². The van der Waals surface area contributed by atoms with E-state index in [0.29, 0.717) is 31.9 Å². The summed E-state index contributed by atoms with van der Waals surface area (Å²) in [6.07, 6.45) is 1.68. The number of sulfone groups is 1. The Bertz CT molecular complexity index is 736. The Kier molecular flexibility index (Phi) is 9.09. The Morgan fingerprint density at radius 1 is 1.11 bits per heavy atom. The molecule has 0 amide bonds. The van der Waals surface area contributed by atoms with E-state index in [0.717, 1.165) is 18.7 Å². The lowest BCUT2D eigenvalue weighted by atomic mass is 10.1. The fraction of sp³-hybridized carbons (Fsp3) is 0.412. The number of ether oxygens (including phenoxy) is 1. The van der Waals surface area contributed by atoms with Gasteiger partial charge < -0.3 is 20.1 Å². The van der Waals surface area contributed by atoms with Gasteiger partial charge in [0.1, 0.15) is 0 Å². The van der Waals surface area contributed by atoms with Crippen LogP contribution in [-0.4, -0.2) is 79.7 Å². The molecule has 1 aliphatic heterocycles. The Balaban J connectivity index is 0.000000387. The minimum atomic E-state index is -3.18. The minimum Gasteiger partial charge on any atom is -0.478 e. The average molecular weight is 401 g/mol. The highest BCUT2D eigenvalue weighted by molar-refractivity contribution is 7.90. The van der Waals surface area contributed by atoms with Gasteiger partial charge in [-0.2, -0.15) is 0 Å². The van der Waals surface area contributed by atoms with E-state index in [2.05, 4.69) is 4.90 Å². The number of hydrogen-bond acceptors (Lipinski definition) is 7. The maximum absolute atomic E-state index is 11.3. The Morgan fingerprint density at radius 3 is 2.00 bits per heavy atom. The number of aliphatic hydroxyl groups is 1. The fourth-order valence-corrected chi connectivity index (χ4v) is 2.84. The van der Waals surface area contributed by atoms with E-state index in [4.69, 9.17) is 14.9 Å². The van der Waals surface area contributed by atoms with Gasteiger partial charge in [0.2, 0.25) is 0 Å². The molecule has 1 fully saturated rings. The summed E-state index contributed by atoms with van der Waals surface area (Å²) < 4.78 is 27.9. The van der Waals surface area contributed by atoms with Gasteiger partial charge in [-0.25, -0.2) is 18.0 Å². The zero-order chi connectivity index (χ0) is 20.4. The molecule has 27 heavy (non-hydrogen) atoms. The van der Waals surface area contributed by atoms with E-state index in [1.807, 2.05) is 0 Å². The van der Waals surface area contributed by atoms with Crippen LogP contribution in [0, 0.1) is 0 Å². The molecular weight excluding hydrogens is 378 g/mol. The summed E-state index contributed by atoms with van der Waals surface area (Å²) in [6, 6.07) is 6.41. The van der Waals surface area contributed by atoms with E-state index in [-0.39, 0.29) is 4.90 Å². The zero-order valence-corrected chi connectivity index (χ0v) is 15.6. The zero-order valence-electron chi connectivity index (χ0n) is 14.8. The van der Waals surface area contributed by atoms with Crippen molar-refractivity contribution in [1.29, 1.82) is 0 Å². The molecule has 150 valence electrons.